The summed E-state index contributed by atoms with van der Waals surface area (Å²) >= 11 is 0. The average Bonchev–Trinajstić information content (AvgIpc) is 2.65. The van der Waals surface area contributed by atoms with Crippen LogP contribution in [0, 0.1) is 0 Å². The Hall–Kier alpha value is -3.10. The molecule has 0 aliphatic heterocycles. The second-order valence-electron chi connectivity index (χ2n) is 6.00. The van der Waals surface area contributed by atoms with E-state index in [0.29, 0.717) is 0 Å². The van der Waals surface area contributed by atoms with E-state index in [1.165, 1.54) is 24.3 Å². The summed E-state index contributed by atoms with van der Waals surface area (Å²) < 4.78 is 9.68. The van der Waals surface area contributed by atoms with E-state index in [2.05, 4.69) is 0 Å². The van der Waals surface area contributed by atoms with Crippen molar-refractivity contribution in [2.75, 3.05) is 6.79 Å². The van der Waals surface area contributed by atoms with Crippen LogP contribution in [0.2, 0.25) is 0 Å². The molecule has 2 atom stereocenters. The first-order chi connectivity index (χ1) is 12.8. The fourth-order valence-corrected chi connectivity index (χ4v) is 2.30. The predicted octanol–water partition coefficient (Wildman–Crippen LogP) is 0.581. The van der Waals surface area contributed by atoms with Crippen LogP contribution < -0.4 is 11.5 Å². The van der Waals surface area contributed by atoms with E-state index in [1.807, 2.05) is 0 Å². The number of aromatic hydroxyl groups is 2. The van der Waals surface area contributed by atoms with Gasteiger partial charge in [0.25, 0.3) is 0 Å². The molecule has 6 N–H and O–H groups in total. The lowest BCUT2D eigenvalue weighted by Crippen LogP contribution is -2.37. The Kier molecular flexibility index (Phi) is 7.16. The van der Waals surface area contributed by atoms with Crippen LogP contribution >= 0.6 is 0 Å². The van der Waals surface area contributed by atoms with Crippen LogP contribution in [0.5, 0.6) is 11.5 Å². The van der Waals surface area contributed by atoms with Crippen molar-refractivity contribution < 1.29 is 29.3 Å². The first kappa shape index (κ1) is 20.2. The van der Waals surface area contributed by atoms with E-state index in [9.17, 15) is 19.8 Å². The summed E-state index contributed by atoms with van der Waals surface area (Å²) in [7, 11) is 0. The van der Waals surface area contributed by atoms with E-state index in [4.69, 9.17) is 20.9 Å². The molecule has 0 aromatic heterocycles. The van der Waals surface area contributed by atoms with Crippen molar-refractivity contribution in [1.82, 2.24) is 0 Å². The summed E-state index contributed by atoms with van der Waals surface area (Å²) in [4.78, 5) is 23.7. The van der Waals surface area contributed by atoms with Gasteiger partial charge in [-0.25, -0.2) is 0 Å². The number of carbonyl (C=O) groups excluding carboxylic acids is 2. The van der Waals surface area contributed by atoms with E-state index < -0.39 is 30.8 Å². The molecule has 0 fully saturated rings. The Morgan fingerprint density at radius 3 is 1.41 bits per heavy atom. The quantitative estimate of drug-likeness (QED) is 0.388. The molecule has 8 heteroatoms. The maximum Gasteiger partial charge on any atom is 0.326 e. The second-order valence-corrected chi connectivity index (χ2v) is 6.00. The van der Waals surface area contributed by atoms with Gasteiger partial charge in [0.15, 0.2) is 0 Å². The highest BCUT2D eigenvalue weighted by Gasteiger charge is 2.19. The highest BCUT2D eigenvalue weighted by Crippen LogP contribution is 2.12. The van der Waals surface area contributed by atoms with Crippen LogP contribution in [0.15, 0.2) is 48.5 Å². The normalized spacial score (nSPS) is 12.8. The monoisotopic (exact) mass is 374 g/mol. The molecule has 2 unspecified atom stereocenters. The summed E-state index contributed by atoms with van der Waals surface area (Å²) in [6.45, 7) is -0.579. The van der Waals surface area contributed by atoms with E-state index in [0.717, 1.165) is 11.1 Å². The summed E-state index contributed by atoms with van der Waals surface area (Å²) in [6.07, 6.45) is 0.431. The fraction of sp³-hybridized carbons (Fsp3) is 0.263. The molecule has 0 saturated heterocycles. The van der Waals surface area contributed by atoms with Crippen LogP contribution in [-0.2, 0) is 31.9 Å². The fourth-order valence-electron chi connectivity index (χ4n) is 2.30. The molecule has 0 saturated carbocycles. The lowest BCUT2D eigenvalue weighted by Gasteiger charge is -2.14. The minimum Gasteiger partial charge on any atom is -0.508 e. The minimum absolute atomic E-state index is 0.116. The van der Waals surface area contributed by atoms with Gasteiger partial charge in [-0.1, -0.05) is 24.3 Å². The number of nitrogens with two attached hydrogens (primary N) is 2. The molecule has 0 aliphatic carbocycles. The number of rotatable bonds is 8. The van der Waals surface area contributed by atoms with Crippen LogP contribution in [0.25, 0.3) is 0 Å². The molecular weight excluding hydrogens is 352 g/mol. The molecule has 27 heavy (non-hydrogen) atoms. The molecule has 0 amide bonds. The molecule has 8 nitrogen and oxygen atoms in total. The van der Waals surface area contributed by atoms with Gasteiger partial charge in [0.1, 0.15) is 23.6 Å². The van der Waals surface area contributed by atoms with Crippen molar-refractivity contribution in [3.8, 4) is 11.5 Å². The number of ether oxygens (including phenoxy) is 2. The molecule has 0 heterocycles. The first-order valence-corrected chi connectivity index (χ1v) is 8.25. The molecular formula is C19H22N2O6. The van der Waals surface area contributed by atoms with Gasteiger partial charge >= 0.3 is 11.9 Å². The largest absolute Gasteiger partial charge is 0.508 e. The van der Waals surface area contributed by atoms with Crippen molar-refractivity contribution in [1.29, 1.82) is 0 Å². The second kappa shape index (κ2) is 9.56. The molecule has 0 bridgehead atoms. The van der Waals surface area contributed by atoms with E-state index >= 15 is 0 Å². The number of phenols is 2. The lowest BCUT2D eigenvalue weighted by atomic mass is 10.1. The Balaban J connectivity index is 1.72. The van der Waals surface area contributed by atoms with Crippen LogP contribution in [0.1, 0.15) is 11.1 Å². The van der Waals surface area contributed by atoms with Gasteiger partial charge in [-0.3, -0.25) is 9.59 Å². The minimum atomic E-state index is -0.932. The van der Waals surface area contributed by atoms with Crippen LogP contribution in [0.4, 0.5) is 0 Å². The van der Waals surface area contributed by atoms with Gasteiger partial charge in [0.2, 0.25) is 6.79 Å². The number of carbonyl (C=O) groups is 2. The Bertz CT molecular complexity index is 695. The summed E-state index contributed by atoms with van der Waals surface area (Å²) in [6, 6.07) is 10.7. The highest BCUT2D eigenvalue weighted by atomic mass is 16.7. The molecule has 2 aromatic rings. The smallest absolute Gasteiger partial charge is 0.326 e. The molecule has 2 rings (SSSR count). The third-order valence-electron chi connectivity index (χ3n) is 3.79. The predicted molar refractivity (Wildman–Crippen MR) is 96.6 cm³/mol. The van der Waals surface area contributed by atoms with E-state index in [1.54, 1.807) is 24.3 Å². The SMILES string of the molecule is NC(Cc1ccc(O)cc1)C(=O)OCOC(=O)C(N)Cc1ccc(O)cc1. The lowest BCUT2D eigenvalue weighted by molar-refractivity contribution is -0.169. The molecule has 0 aliphatic rings. The van der Waals surface area contributed by atoms with Gasteiger partial charge < -0.3 is 31.2 Å². The zero-order valence-corrected chi connectivity index (χ0v) is 14.6. The van der Waals surface area contributed by atoms with Gasteiger partial charge in [0, 0.05) is 0 Å². The van der Waals surface area contributed by atoms with Crippen molar-refractivity contribution in [2.45, 2.75) is 24.9 Å². The number of hydrogen-bond acceptors (Lipinski definition) is 8. The zero-order valence-electron chi connectivity index (χ0n) is 14.6. The number of hydrogen-bond donors (Lipinski definition) is 4. The van der Waals surface area contributed by atoms with Gasteiger partial charge in [-0.15, -0.1) is 0 Å². The van der Waals surface area contributed by atoms with Crippen LogP contribution in [0.3, 0.4) is 0 Å². The maximum absolute atomic E-state index is 11.8. The summed E-state index contributed by atoms with van der Waals surface area (Å²) in [5.41, 5.74) is 13.0. The Morgan fingerprint density at radius 1 is 0.741 bits per heavy atom. The van der Waals surface area contributed by atoms with Crippen molar-refractivity contribution in [2.24, 2.45) is 11.5 Å². The zero-order chi connectivity index (χ0) is 19.8. The first-order valence-electron chi connectivity index (χ1n) is 8.25. The average molecular weight is 374 g/mol. The molecule has 144 valence electrons. The third-order valence-corrected chi connectivity index (χ3v) is 3.79. The van der Waals surface area contributed by atoms with Crippen LogP contribution in [-0.4, -0.2) is 41.0 Å². The molecule has 0 spiro atoms. The Morgan fingerprint density at radius 2 is 1.07 bits per heavy atom. The standard InChI is InChI=1S/C19H22N2O6/c20-16(9-12-1-5-14(22)6-2-12)18(24)26-11-27-19(25)17(21)10-13-3-7-15(23)8-4-13/h1-8,16-17,22-23H,9-11,20-21H2. The molecule has 2 aromatic carbocycles. The van der Waals surface area contributed by atoms with Gasteiger partial charge in [0.05, 0.1) is 0 Å². The number of esters is 2. The topological polar surface area (TPSA) is 145 Å². The maximum atomic E-state index is 11.8. The van der Waals surface area contributed by atoms with Crippen molar-refractivity contribution in [3.05, 3.63) is 59.7 Å². The highest BCUT2D eigenvalue weighted by molar-refractivity contribution is 5.77. The van der Waals surface area contributed by atoms with E-state index in [-0.39, 0.29) is 24.3 Å². The molecule has 0 radical (unpaired) electrons. The van der Waals surface area contributed by atoms with Gasteiger partial charge in [-0.2, -0.15) is 0 Å². The number of benzene rings is 2. The number of phenolic OH excluding ortho intramolecular Hbond substituents is 2. The summed E-state index contributed by atoms with van der Waals surface area (Å²) in [5.74, 6) is -1.21. The van der Waals surface area contributed by atoms with Gasteiger partial charge in [-0.05, 0) is 48.2 Å². The van der Waals surface area contributed by atoms with Crippen molar-refractivity contribution in [3.63, 3.8) is 0 Å². The summed E-state index contributed by atoms with van der Waals surface area (Å²) in [5, 5.41) is 18.5. The Labute approximate surface area is 156 Å². The van der Waals surface area contributed by atoms with Crippen molar-refractivity contribution >= 4 is 11.9 Å². The third kappa shape index (κ3) is 6.61.